The van der Waals surface area contributed by atoms with E-state index < -0.39 is 11.3 Å². The van der Waals surface area contributed by atoms with E-state index in [1.807, 2.05) is 12.1 Å². The summed E-state index contributed by atoms with van der Waals surface area (Å²) in [4.78, 5) is 25.4. The van der Waals surface area contributed by atoms with Gasteiger partial charge in [0.2, 0.25) is 0 Å². The summed E-state index contributed by atoms with van der Waals surface area (Å²) < 4.78 is 0. The third kappa shape index (κ3) is 3.42. The van der Waals surface area contributed by atoms with Crippen molar-refractivity contribution >= 4 is 63.0 Å². The Bertz CT molecular complexity index is 1080. The van der Waals surface area contributed by atoms with Gasteiger partial charge in [-0.15, -0.1) is 11.3 Å². The van der Waals surface area contributed by atoms with Crippen LogP contribution in [0.2, 0.25) is 5.02 Å². The first kappa shape index (κ1) is 18.7. The van der Waals surface area contributed by atoms with E-state index in [9.17, 15) is 14.7 Å². The minimum atomic E-state index is -1.11. The maximum Gasteiger partial charge on any atom is 0.339 e. The zero-order valence-electron chi connectivity index (χ0n) is 14.2. The predicted octanol–water partition coefficient (Wildman–Crippen LogP) is 4.83. The van der Waals surface area contributed by atoms with Crippen LogP contribution >= 0.6 is 34.7 Å². The van der Waals surface area contributed by atoms with Crippen LogP contribution in [0.1, 0.15) is 10.4 Å². The number of fused-ring (bicyclic) bond motifs is 1. The van der Waals surface area contributed by atoms with Gasteiger partial charge in [0.05, 0.1) is 10.6 Å². The Morgan fingerprint density at radius 1 is 1.18 bits per heavy atom. The summed E-state index contributed by atoms with van der Waals surface area (Å²) in [6.07, 6.45) is 0. The number of carboxylic acid groups (broad SMARTS) is 1. The van der Waals surface area contributed by atoms with Crippen molar-refractivity contribution in [3.05, 3.63) is 58.4 Å². The number of anilines is 3. The van der Waals surface area contributed by atoms with Gasteiger partial charge in [-0.1, -0.05) is 41.6 Å². The van der Waals surface area contributed by atoms with E-state index in [1.165, 1.54) is 23.1 Å². The second kappa shape index (κ2) is 7.38. The average Bonchev–Trinajstić information content (AvgIpc) is 3.27. The van der Waals surface area contributed by atoms with Crippen molar-refractivity contribution in [1.82, 2.24) is 0 Å². The quantitative estimate of drug-likeness (QED) is 0.441. The first-order valence-corrected chi connectivity index (χ1v) is 10.3. The highest BCUT2D eigenvalue weighted by atomic mass is 35.5. The lowest BCUT2D eigenvalue weighted by Gasteiger charge is -2.11. The molecule has 1 amide bonds. The molecule has 1 aromatic heterocycles. The summed E-state index contributed by atoms with van der Waals surface area (Å²) in [5, 5.41) is 17.5. The van der Waals surface area contributed by atoms with Crippen LogP contribution in [0.3, 0.4) is 0 Å². The van der Waals surface area contributed by atoms with Gasteiger partial charge in [-0.25, -0.2) is 4.79 Å². The van der Waals surface area contributed by atoms with E-state index in [1.54, 1.807) is 35.7 Å². The molecule has 28 heavy (non-hydrogen) atoms. The van der Waals surface area contributed by atoms with E-state index in [-0.39, 0.29) is 16.5 Å². The lowest BCUT2D eigenvalue weighted by Crippen LogP contribution is -2.29. The Kier molecular flexibility index (Phi) is 4.92. The maximum absolute atomic E-state index is 12.7. The third-order valence-corrected chi connectivity index (χ3v) is 6.61. The normalized spacial score (nSPS) is 15.0. The average molecular weight is 432 g/mol. The lowest BCUT2D eigenvalue weighted by molar-refractivity contribution is -0.115. The van der Waals surface area contributed by atoms with Crippen LogP contribution in [0.15, 0.2) is 52.7 Å². The number of hydrogen-bond acceptors (Lipinski definition) is 6. The van der Waals surface area contributed by atoms with E-state index >= 15 is 0 Å². The van der Waals surface area contributed by atoms with Gasteiger partial charge in [0, 0.05) is 21.7 Å². The van der Waals surface area contributed by atoms with Gasteiger partial charge >= 0.3 is 5.97 Å². The molecule has 0 saturated carbocycles. The maximum atomic E-state index is 12.7. The number of thioether (sulfide) groups is 1. The fourth-order valence-electron chi connectivity index (χ4n) is 2.89. The number of carbonyl (C=O) groups excluding carboxylic acids is 1. The number of thiophene rings is 1. The molecule has 6 nitrogen and oxygen atoms in total. The van der Waals surface area contributed by atoms with Crippen LogP contribution in [0.25, 0.3) is 11.1 Å². The molecule has 1 unspecified atom stereocenters. The summed E-state index contributed by atoms with van der Waals surface area (Å²) in [7, 11) is 0. The molecule has 0 saturated heterocycles. The molecule has 5 N–H and O–H groups in total. The standard InChI is InChI=1S/C19H14ClN3O3S2/c20-10-6-4-9(5-7-10)11-8-27-17(14(11)19(25)26)23-16(24)18-22-13-3-1-2-12(21)15(13)28-18/h1-8,18,22H,21H2,(H,23,24)(H,25,26). The molecular weight excluding hydrogens is 418 g/mol. The largest absolute Gasteiger partial charge is 0.478 e. The van der Waals surface area contributed by atoms with Crippen molar-refractivity contribution in [1.29, 1.82) is 0 Å². The van der Waals surface area contributed by atoms with Crippen molar-refractivity contribution < 1.29 is 14.7 Å². The minimum absolute atomic E-state index is 0.0562. The SMILES string of the molecule is Nc1cccc2c1SC(C(=O)Nc1scc(-c3ccc(Cl)cc3)c1C(=O)O)N2. The smallest absolute Gasteiger partial charge is 0.339 e. The molecule has 1 atom stereocenters. The number of nitrogens with two attached hydrogens (primary N) is 1. The molecule has 0 aliphatic carbocycles. The van der Waals surface area contributed by atoms with Crippen LogP contribution in [0, 0.1) is 0 Å². The number of amides is 1. The minimum Gasteiger partial charge on any atom is -0.478 e. The predicted molar refractivity (Wildman–Crippen MR) is 114 cm³/mol. The van der Waals surface area contributed by atoms with Crippen molar-refractivity contribution in [2.45, 2.75) is 10.3 Å². The number of hydrogen-bond donors (Lipinski definition) is 4. The topological polar surface area (TPSA) is 104 Å². The first-order chi connectivity index (χ1) is 13.4. The van der Waals surface area contributed by atoms with E-state index in [0.29, 0.717) is 21.8 Å². The zero-order valence-corrected chi connectivity index (χ0v) is 16.6. The van der Waals surface area contributed by atoms with Crippen molar-refractivity contribution in [3.63, 3.8) is 0 Å². The van der Waals surface area contributed by atoms with Gasteiger partial charge < -0.3 is 21.5 Å². The van der Waals surface area contributed by atoms with Gasteiger partial charge in [-0.2, -0.15) is 0 Å². The number of aromatic carboxylic acids is 1. The highest BCUT2D eigenvalue weighted by molar-refractivity contribution is 8.01. The second-order valence-electron chi connectivity index (χ2n) is 6.02. The third-order valence-electron chi connectivity index (χ3n) is 4.20. The fraction of sp³-hybridized carbons (Fsp3) is 0.0526. The molecule has 0 fully saturated rings. The van der Waals surface area contributed by atoms with E-state index in [4.69, 9.17) is 17.3 Å². The Morgan fingerprint density at radius 2 is 1.93 bits per heavy atom. The zero-order chi connectivity index (χ0) is 19.8. The molecule has 0 bridgehead atoms. The Balaban J connectivity index is 1.59. The first-order valence-electron chi connectivity index (χ1n) is 8.17. The molecule has 2 heterocycles. The molecule has 9 heteroatoms. The monoisotopic (exact) mass is 431 g/mol. The number of carbonyl (C=O) groups is 2. The number of benzene rings is 2. The molecule has 4 rings (SSSR count). The van der Waals surface area contributed by atoms with Crippen molar-refractivity contribution in [3.8, 4) is 11.1 Å². The van der Waals surface area contributed by atoms with E-state index in [2.05, 4.69) is 10.6 Å². The van der Waals surface area contributed by atoms with Gasteiger partial charge in [-0.3, -0.25) is 4.79 Å². The number of carboxylic acids is 1. The molecule has 142 valence electrons. The molecule has 0 radical (unpaired) electrons. The Hall–Kier alpha value is -2.68. The Morgan fingerprint density at radius 3 is 2.61 bits per heavy atom. The molecule has 1 aliphatic rings. The second-order valence-corrected chi connectivity index (χ2v) is 8.45. The Labute approximate surface area is 173 Å². The number of nitrogen functional groups attached to an aromatic ring is 1. The summed E-state index contributed by atoms with van der Waals surface area (Å²) in [5.74, 6) is -1.45. The summed E-state index contributed by atoms with van der Waals surface area (Å²) >= 11 is 8.38. The summed E-state index contributed by atoms with van der Waals surface area (Å²) in [6, 6.07) is 12.3. The summed E-state index contributed by atoms with van der Waals surface area (Å²) in [6.45, 7) is 0. The molecule has 3 aromatic rings. The molecular formula is C19H14ClN3O3S2. The van der Waals surface area contributed by atoms with Crippen LogP contribution in [0.5, 0.6) is 0 Å². The number of rotatable bonds is 4. The fourth-order valence-corrected chi connectivity index (χ4v) is 5.03. The molecule has 2 aromatic carbocycles. The highest BCUT2D eigenvalue weighted by Crippen LogP contribution is 2.43. The molecule has 0 spiro atoms. The van der Waals surface area contributed by atoms with Gasteiger partial charge in [0.1, 0.15) is 10.6 Å². The van der Waals surface area contributed by atoms with Crippen LogP contribution in [-0.2, 0) is 4.79 Å². The van der Waals surface area contributed by atoms with Crippen LogP contribution in [0.4, 0.5) is 16.4 Å². The number of nitrogens with one attached hydrogen (secondary N) is 2. The van der Waals surface area contributed by atoms with E-state index in [0.717, 1.165) is 10.6 Å². The van der Waals surface area contributed by atoms with Gasteiger partial charge in [0.25, 0.3) is 5.91 Å². The van der Waals surface area contributed by atoms with Gasteiger partial charge in [0.15, 0.2) is 5.37 Å². The van der Waals surface area contributed by atoms with Gasteiger partial charge in [-0.05, 0) is 29.8 Å². The van der Waals surface area contributed by atoms with Crippen LogP contribution in [-0.4, -0.2) is 22.4 Å². The molecule has 1 aliphatic heterocycles. The lowest BCUT2D eigenvalue weighted by atomic mass is 10.0. The van der Waals surface area contributed by atoms with Crippen molar-refractivity contribution in [2.24, 2.45) is 0 Å². The van der Waals surface area contributed by atoms with Crippen LogP contribution < -0.4 is 16.4 Å². The highest BCUT2D eigenvalue weighted by Gasteiger charge is 2.30. The summed E-state index contributed by atoms with van der Waals surface area (Å²) in [5.41, 5.74) is 8.64. The number of halogens is 1. The van der Waals surface area contributed by atoms with Crippen molar-refractivity contribution in [2.75, 3.05) is 16.4 Å².